The predicted octanol–water partition coefficient (Wildman–Crippen LogP) is 4.54. The lowest BCUT2D eigenvalue weighted by molar-refractivity contribution is 0.414. The van der Waals surface area contributed by atoms with Crippen molar-refractivity contribution >= 4 is 5.69 Å². The van der Waals surface area contributed by atoms with Gasteiger partial charge in [-0.2, -0.15) is 0 Å². The quantitative estimate of drug-likeness (QED) is 0.705. The topological polar surface area (TPSA) is 12.5 Å². The van der Waals surface area contributed by atoms with E-state index in [4.69, 9.17) is 4.74 Å². The number of rotatable bonds is 8. The number of nitrogens with zero attached hydrogens (tertiary/aromatic N) is 1. The maximum atomic E-state index is 5.35. The van der Waals surface area contributed by atoms with Crippen LogP contribution in [0.4, 0.5) is 5.69 Å². The second kappa shape index (κ2) is 8.35. The summed E-state index contributed by atoms with van der Waals surface area (Å²) < 4.78 is 5.35. The van der Waals surface area contributed by atoms with Crippen molar-refractivity contribution < 1.29 is 4.74 Å². The fourth-order valence-electron chi connectivity index (χ4n) is 2.43. The molecule has 0 N–H and O–H groups in total. The van der Waals surface area contributed by atoms with Crippen LogP contribution in [0.25, 0.3) is 0 Å². The lowest BCUT2D eigenvalue weighted by Crippen LogP contribution is -2.26. The molecule has 0 aromatic heterocycles. The molecule has 2 aromatic carbocycles. The molecule has 21 heavy (non-hydrogen) atoms. The maximum Gasteiger partial charge on any atom is 0.120 e. The first-order valence-corrected chi connectivity index (χ1v) is 7.76. The number of benzene rings is 2. The van der Waals surface area contributed by atoms with Crippen molar-refractivity contribution in [3.05, 3.63) is 60.2 Å². The van der Waals surface area contributed by atoms with Crippen LogP contribution in [-0.2, 0) is 6.42 Å². The molecule has 0 heterocycles. The monoisotopic (exact) mass is 283 g/mol. The summed E-state index contributed by atoms with van der Waals surface area (Å²) in [5.74, 6) is 0.925. The van der Waals surface area contributed by atoms with Gasteiger partial charge in [-0.25, -0.2) is 0 Å². The zero-order chi connectivity index (χ0) is 14.9. The normalized spacial score (nSPS) is 10.4. The molecular weight excluding hydrogens is 258 g/mol. The van der Waals surface area contributed by atoms with Gasteiger partial charge in [-0.15, -0.1) is 0 Å². The van der Waals surface area contributed by atoms with Gasteiger partial charge < -0.3 is 9.64 Å². The van der Waals surface area contributed by atoms with E-state index < -0.39 is 0 Å². The molecule has 0 radical (unpaired) electrons. The van der Waals surface area contributed by atoms with Crippen molar-refractivity contribution in [1.29, 1.82) is 0 Å². The van der Waals surface area contributed by atoms with Gasteiger partial charge in [0.05, 0.1) is 7.11 Å². The summed E-state index contributed by atoms with van der Waals surface area (Å²) in [7, 11) is 1.72. The minimum Gasteiger partial charge on any atom is -0.497 e. The third-order valence-electron chi connectivity index (χ3n) is 3.71. The van der Waals surface area contributed by atoms with Crippen LogP contribution in [0, 0.1) is 0 Å². The summed E-state index contributed by atoms with van der Waals surface area (Å²) in [5.41, 5.74) is 2.64. The van der Waals surface area contributed by atoms with Gasteiger partial charge in [0.25, 0.3) is 0 Å². The zero-order valence-electron chi connectivity index (χ0n) is 13.1. The number of hydrogen-bond acceptors (Lipinski definition) is 2. The third kappa shape index (κ3) is 4.82. The molecule has 0 aliphatic carbocycles. The summed E-state index contributed by atoms with van der Waals surface area (Å²) in [6.45, 7) is 4.37. The van der Waals surface area contributed by atoms with Crippen molar-refractivity contribution in [3.8, 4) is 5.75 Å². The molecule has 0 spiro atoms. The van der Waals surface area contributed by atoms with Crippen molar-refractivity contribution in [2.75, 3.05) is 25.1 Å². The molecule has 0 bridgehead atoms. The van der Waals surface area contributed by atoms with Gasteiger partial charge in [-0.1, -0.05) is 49.7 Å². The van der Waals surface area contributed by atoms with Gasteiger partial charge >= 0.3 is 0 Å². The van der Waals surface area contributed by atoms with Crippen LogP contribution in [0.1, 0.15) is 25.3 Å². The smallest absolute Gasteiger partial charge is 0.120 e. The number of anilines is 1. The van der Waals surface area contributed by atoms with Gasteiger partial charge in [0.1, 0.15) is 5.75 Å². The lowest BCUT2D eigenvalue weighted by Gasteiger charge is -2.25. The molecule has 0 unspecified atom stereocenters. The summed E-state index contributed by atoms with van der Waals surface area (Å²) in [5, 5.41) is 0. The summed E-state index contributed by atoms with van der Waals surface area (Å²) in [6, 6.07) is 19.0. The SMILES string of the molecule is CCCCN(CCc1ccccc1)c1cccc(OC)c1. The van der Waals surface area contributed by atoms with Crippen LogP contribution in [0.3, 0.4) is 0 Å². The Labute approximate surface area is 128 Å². The Bertz CT molecular complexity index is 524. The molecule has 2 heteroatoms. The van der Waals surface area contributed by atoms with Gasteiger partial charge in [-0.05, 0) is 30.5 Å². The number of methoxy groups -OCH3 is 1. The van der Waals surface area contributed by atoms with E-state index in [1.165, 1.54) is 24.1 Å². The van der Waals surface area contributed by atoms with E-state index in [1.807, 2.05) is 6.07 Å². The van der Waals surface area contributed by atoms with Crippen molar-refractivity contribution in [2.24, 2.45) is 0 Å². The average Bonchev–Trinajstić information content (AvgIpc) is 2.56. The van der Waals surface area contributed by atoms with Crippen LogP contribution >= 0.6 is 0 Å². The van der Waals surface area contributed by atoms with E-state index >= 15 is 0 Å². The molecule has 2 nitrogen and oxygen atoms in total. The minimum atomic E-state index is 0.925. The molecule has 112 valence electrons. The zero-order valence-corrected chi connectivity index (χ0v) is 13.1. The molecule has 2 rings (SSSR count). The highest BCUT2D eigenvalue weighted by Gasteiger charge is 2.07. The molecule has 0 aliphatic rings. The third-order valence-corrected chi connectivity index (χ3v) is 3.71. The summed E-state index contributed by atoms with van der Waals surface area (Å²) >= 11 is 0. The van der Waals surface area contributed by atoms with Crippen LogP contribution in [0.15, 0.2) is 54.6 Å². The minimum absolute atomic E-state index is 0.925. The van der Waals surface area contributed by atoms with E-state index in [-0.39, 0.29) is 0 Å². The first-order chi connectivity index (χ1) is 10.3. The number of hydrogen-bond donors (Lipinski definition) is 0. The first-order valence-electron chi connectivity index (χ1n) is 7.76. The van der Waals surface area contributed by atoms with Gasteiger partial charge in [0, 0.05) is 24.8 Å². The van der Waals surface area contributed by atoms with Crippen molar-refractivity contribution in [2.45, 2.75) is 26.2 Å². The van der Waals surface area contributed by atoms with Crippen LogP contribution in [0.5, 0.6) is 5.75 Å². The Balaban J connectivity index is 2.06. The summed E-state index contributed by atoms with van der Waals surface area (Å²) in [4.78, 5) is 2.46. The molecule has 0 atom stereocenters. The predicted molar refractivity (Wildman–Crippen MR) is 90.3 cm³/mol. The largest absolute Gasteiger partial charge is 0.497 e. The Morgan fingerprint density at radius 1 is 0.952 bits per heavy atom. The fourth-order valence-corrected chi connectivity index (χ4v) is 2.43. The standard InChI is InChI=1S/C19H25NO/c1-3-4-14-20(15-13-17-9-6-5-7-10-17)18-11-8-12-19(16-18)21-2/h5-12,16H,3-4,13-15H2,1-2H3. The summed E-state index contributed by atoms with van der Waals surface area (Å²) in [6.07, 6.45) is 3.50. The Morgan fingerprint density at radius 3 is 2.48 bits per heavy atom. The van der Waals surface area contributed by atoms with E-state index in [1.54, 1.807) is 7.11 Å². The van der Waals surface area contributed by atoms with Gasteiger partial charge in [-0.3, -0.25) is 0 Å². The average molecular weight is 283 g/mol. The first kappa shape index (κ1) is 15.4. The van der Waals surface area contributed by atoms with E-state index in [0.29, 0.717) is 0 Å². The molecular formula is C19H25NO. The Morgan fingerprint density at radius 2 is 1.76 bits per heavy atom. The van der Waals surface area contributed by atoms with Crippen LogP contribution < -0.4 is 9.64 Å². The van der Waals surface area contributed by atoms with E-state index in [0.717, 1.165) is 25.3 Å². The highest BCUT2D eigenvalue weighted by atomic mass is 16.5. The lowest BCUT2D eigenvalue weighted by atomic mass is 10.1. The van der Waals surface area contributed by atoms with Gasteiger partial charge in [0.15, 0.2) is 0 Å². The molecule has 2 aromatic rings. The van der Waals surface area contributed by atoms with E-state index in [9.17, 15) is 0 Å². The van der Waals surface area contributed by atoms with Gasteiger partial charge in [0.2, 0.25) is 0 Å². The van der Waals surface area contributed by atoms with Crippen molar-refractivity contribution in [1.82, 2.24) is 0 Å². The Hall–Kier alpha value is -1.96. The molecule has 0 aliphatic heterocycles. The van der Waals surface area contributed by atoms with E-state index in [2.05, 4.69) is 60.4 Å². The highest BCUT2D eigenvalue weighted by molar-refractivity contribution is 5.50. The molecule has 0 fully saturated rings. The van der Waals surface area contributed by atoms with Crippen LogP contribution in [-0.4, -0.2) is 20.2 Å². The fraction of sp³-hybridized carbons (Fsp3) is 0.368. The van der Waals surface area contributed by atoms with Crippen LogP contribution in [0.2, 0.25) is 0 Å². The maximum absolute atomic E-state index is 5.35. The Kier molecular flexibility index (Phi) is 6.14. The molecule has 0 saturated carbocycles. The molecule has 0 amide bonds. The second-order valence-electron chi connectivity index (χ2n) is 5.28. The second-order valence-corrected chi connectivity index (χ2v) is 5.28. The number of unbranched alkanes of at least 4 members (excludes halogenated alkanes) is 1. The number of ether oxygens (including phenoxy) is 1. The highest BCUT2D eigenvalue weighted by Crippen LogP contribution is 2.21. The van der Waals surface area contributed by atoms with Crippen molar-refractivity contribution in [3.63, 3.8) is 0 Å². The molecule has 0 saturated heterocycles.